The zero-order valence-electron chi connectivity index (χ0n) is 20.6. The fourth-order valence-electron chi connectivity index (χ4n) is 3.98. The molecule has 0 N–H and O–H groups in total. The molecule has 6 heteroatoms. The molecule has 0 fully saturated rings. The smallest absolute Gasteiger partial charge is 0.187 e. The molecule has 0 saturated heterocycles. The largest absolute Gasteiger partial charge is 0.307 e. The van der Waals surface area contributed by atoms with Crippen LogP contribution in [-0.2, 0) is 4.57 Å². The normalized spacial score (nSPS) is 13.8. The molecular formula is C32H24Cl2NOPS. The summed E-state index contributed by atoms with van der Waals surface area (Å²) in [5, 5.41) is 0.770. The number of benzene rings is 4. The lowest BCUT2D eigenvalue weighted by Crippen LogP contribution is -2.01. The molecule has 38 heavy (non-hydrogen) atoms. The third-order valence-electron chi connectivity index (χ3n) is 5.99. The van der Waals surface area contributed by atoms with Crippen molar-refractivity contribution in [2.45, 2.75) is 6.92 Å². The van der Waals surface area contributed by atoms with Crippen LogP contribution >= 0.6 is 41.7 Å². The van der Waals surface area contributed by atoms with Crippen molar-refractivity contribution in [2.75, 3.05) is 0 Å². The molecule has 5 aromatic rings. The number of halogens is 2. The van der Waals surface area contributed by atoms with Gasteiger partial charge in [0.1, 0.15) is 0 Å². The minimum Gasteiger partial charge on any atom is -0.307 e. The van der Waals surface area contributed by atoms with Gasteiger partial charge in [0.25, 0.3) is 0 Å². The van der Waals surface area contributed by atoms with Crippen LogP contribution in [0.5, 0.6) is 0 Å². The van der Waals surface area contributed by atoms with E-state index in [1.54, 1.807) is 11.6 Å². The van der Waals surface area contributed by atoms with Gasteiger partial charge in [-0.2, -0.15) is 0 Å². The third-order valence-corrected chi connectivity index (χ3v) is 11.0. The monoisotopic (exact) mass is 571 g/mol. The lowest BCUT2D eigenvalue weighted by molar-refractivity contribution is 0.592. The number of nitrogens with zero attached hydrogens (tertiary/aromatic N) is 1. The van der Waals surface area contributed by atoms with Crippen molar-refractivity contribution >= 4 is 56.5 Å². The Balaban J connectivity index is 1.73. The second-order valence-corrected chi connectivity index (χ2v) is 13.3. The molecule has 0 saturated carbocycles. The summed E-state index contributed by atoms with van der Waals surface area (Å²) in [6, 6.07) is 37.2. The third kappa shape index (κ3) is 5.93. The van der Waals surface area contributed by atoms with Gasteiger partial charge in [0.2, 0.25) is 0 Å². The highest BCUT2D eigenvalue weighted by molar-refractivity contribution is 7.82. The molecular weight excluding hydrogens is 548 g/mol. The maximum Gasteiger partial charge on any atom is 0.187 e. The quantitative estimate of drug-likeness (QED) is 0.182. The van der Waals surface area contributed by atoms with E-state index in [0.717, 1.165) is 38.4 Å². The van der Waals surface area contributed by atoms with Gasteiger partial charge in [0.05, 0.1) is 20.6 Å². The van der Waals surface area contributed by atoms with Crippen molar-refractivity contribution in [1.29, 1.82) is 0 Å². The second kappa shape index (κ2) is 11.7. The first-order valence-electron chi connectivity index (χ1n) is 12.0. The molecule has 4 aromatic carbocycles. The highest BCUT2D eigenvalue weighted by Crippen LogP contribution is 2.55. The minimum atomic E-state index is -3.45. The van der Waals surface area contributed by atoms with Crippen LogP contribution in [0.1, 0.15) is 16.7 Å². The molecule has 0 aliphatic heterocycles. The Morgan fingerprint density at radius 3 is 1.66 bits per heavy atom. The molecule has 1 heterocycles. The fourth-order valence-corrected chi connectivity index (χ4v) is 8.62. The van der Waals surface area contributed by atoms with Crippen LogP contribution in [0.3, 0.4) is 0 Å². The first-order valence-corrected chi connectivity index (χ1v) is 15.5. The summed E-state index contributed by atoms with van der Waals surface area (Å²) in [5.41, 5.74) is 5.46. The minimum absolute atomic E-state index is 0.385. The zero-order chi connectivity index (χ0) is 26.5. The van der Waals surface area contributed by atoms with Gasteiger partial charge in [-0.05, 0) is 23.6 Å². The maximum atomic E-state index is 14.9. The van der Waals surface area contributed by atoms with Crippen LogP contribution in [0.2, 0.25) is 0 Å². The molecule has 0 bridgehead atoms. The topological polar surface area (TPSA) is 30.0 Å². The van der Waals surface area contributed by atoms with E-state index in [1.807, 2.05) is 103 Å². The van der Waals surface area contributed by atoms with Crippen LogP contribution < -0.4 is 4.75 Å². The van der Waals surface area contributed by atoms with Gasteiger partial charge in [0, 0.05) is 17.2 Å². The number of hydrogen-bond acceptors (Lipinski definition) is 3. The van der Waals surface area contributed by atoms with E-state index in [4.69, 9.17) is 28.2 Å². The predicted molar refractivity (Wildman–Crippen MR) is 166 cm³/mol. The van der Waals surface area contributed by atoms with Gasteiger partial charge in [-0.1, -0.05) is 144 Å². The number of aromatic nitrogens is 1. The second-order valence-electron chi connectivity index (χ2n) is 8.80. The predicted octanol–water partition coefficient (Wildman–Crippen LogP) is 10.2. The Hall–Kier alpha value is -3.20. The van der Waals surface area contributed by atoms with E-state index < -0.39 is 7.14 Å². The summed E-state index contributed by atoms with van der Waals surface area (Å²) in [7, 11) is -3.45. The summed E-state index contributed by atoms with van der Waals surface area (Å²) >= 11 is 14.9. The number of rotatable bonds is 7. The van der Waals surface area contributed by atoms with Gasteiger partial charge in [0.15, 0.2) is 11.9 Å². The molecule has 0 atom stereocenters. The number of hydrogen-bond donors (Lipinski definition) is 0. The average molecular weight is 572 g/mol. The van der Waals surface area contributed by atoms with E-state index in [1.165, 1.54) is 11.3 Å². The average Bonchev–Trinajstić information content (AvgIpc) is 3.41. The highest BCUT2D eigenvalue weighted by atomic mass is 35.5. The fraction of sp³-hybridized carbons (Fsp3) is 0.0312. The van der Waals surface area contributed by atoms with Crippen LogP contribution in [0, 0.1) is 6.92 Å². The Morgan fingerprint density at radius 1 is 0.684 bits per heavy atom. The Bertz CT molecular complexity index is 1590. The maximum absolute atomic E-state index is 14.9. The Labute approximate surface area is 237 Å². The molecule has 0 aliphatic rings. The van der Waals surface area contributed by atoms with Crippen LogP contribution in [-0.4, -0.2) is 4.98 Å². The van der Waals surface area contributed by atoms with Crippen molar-refractivity contribution in [3.8, 4) is 21.7 Å². The molecule has 188 valence electrons. The Morgan fingerprint density at radius 2 is 1.16 bits per heavy atom. The molecule has 0 radical (unpaired) electrons. The first-order chi connectivity index (χ1) is 18.4. The van der Waals surface area contributed by atoms with Crippen molar-refractivity contribution in [1.82, 2.24) is 4.98 Å². The van der Waals surface area contributed by atoms with Crippen molar-refractivity contribution in [2.24, 2.45) is 0 Å². The zero-order valence-corrected chi connectivity index (χ0v) is 23.8. The number of thiazole rings is 1. The van der Waals surface area contributed by atoms with Crippen LogP contribution in [0.25, 0.3) is 31.8 Å². The molecule has 2 nitrogen and oxygen atoms in total. The van der Waals surface area contributed by atoms with Crippen LogP contribution in [0.15, 0.2) is 127 Å². The summed E-state index contributed by atoms with van der Waals surface area (Å²) in [6.45, 7) is 2.05. The van der Waals surface area contributed by atoms with E-state index >= 15 is 0 Å². The number of aryl methyl sites for hydroxylation is 1. The van der Waals surface area contributed by atoms with Gasteiger partial charge in [-0.25, -0.2) is 4.98 Å². The molecule has 0 spiro atoms. The summed E-state index contributed by atoms with van der Waals surface area (Å²) in [4.78, 5) is 5.94. The molecule has 0 aliphatic carbocycles. The van der Waals surface area contributed by atoms with Crippen molar-refractivity contribution in [3.05, 3.63) is 144 Å². The van der Waals surface area contributed by atoms with Gasteiger partial charge in [-0.15, -0.1) is 11.3 Å². The summed E-state index contributed by atoms with van der Waals surface area (Å²) in [5.74, 6) is 3.23. The van der Waals surface area contributed by atoms with E-state index in [9.17, 15) is 4.57 Å². The summed E-state index contributed by atoms with van der Waals surface area (Å²) in [6.07, 6.45) is 0. The first kappa shape index (κ1) is 26.4. The molecule has 5 rings (SSSR count). The molecule has 1 aromatic heterocycles. The lowest BCUT2D eigenvalue weighted by Gasteiger charge is -2.10. The van der Waals surface area contributed by atoms with E-state index in [2.05, 4.69) is 19.1 Å². The van der Waals surface area contributed by atoms with Gasteiger partial charge >= 0.3 is 0 Å². The van der Waals surface area contributed by atoms with E-state index in [0.29, 0.717) is 14.8 Å². The molecule has 0 unspecified atom stereocenters. The van der Waals surface area contributed by atoms with Crippen LogP contribution in [0.4, 0.5) is 0 Å². The Kier molecular flexibility index (Phi) is 8.12. The SMILES string of the molecule is Cc1ccc(-c2nc(P(=O)(C=C(Cl)c3ccccc3)C=C(Cl)c3ccccc3)sc2-c2ccccc2)cc1. The van der Waals surface area contributed by atoms with Crippen molar-refractivity contribution < 1.29 is 4.57 Å². The molecule has 0 amide bonds. The highest BCUT2D eigenvalue weighted by Gasteiger charge is 2.29. The lowest BCUT2D eigenvalue weighted by atomic mass is 10.1. The van der Waals surface area contributed by atoms with Crippen molar-refractivity contribution in [3.63, 3.8) is 0 Å². The van der Waals surface area contributed by atoms with E-state index in [-0.39, 0.29) is 0 Å². The van der Waals surface area contributed by atoms with Gasteiger partial charge < -0.3 is 4.57 Å². The van der Waals surface area contributed by atoms with Gasteiger partial charge in [-0.3, -0.25) is 0 Å². The summed E-state index contributed by atoms with van der Waals surface area (Å²) < 4.78 is 15.4. The standard InChI is InChI=1S/C32H24Cl2NOPS/c1-23-17-19-26(20-18-23)30-31(27-15-9-4-10-16-27)38-32(35-30)37(36,21-28(33)24-11-5-2-6-12-24)22-29(34)25-13-7-3-8-14-25/h2-22H,1H3.